The van der Waals surface area contributed by atoms with E-state index in [1.165, 1.54) is 12.4 Å². The van der Waals surface area contributed by atoms with Gasteiger partial charge < -0.3 is 15.0 Å². The average Bonchev–Trinajstić information content (AvgIpc) is 2.19. The molecule has 0 amide bonds. The first-order chi connectivity index (χ1) is 6.84. The third kappa shape index (κ3) is 2.32. The van der Waals surface area contributed by atoms with E-state index < -0.39 is 0 Å². The van der Waals surface area contributed by atoms with E-state index in [0.29, 0.717) is 5.88 Å². The zero-order chi connectivity index (χ0) is 9.80. The van der Waals surface area contributed by atoms with Gasteiger partial charge in [-0.25, -0.2) is 4.98 Å². The summed E-state index contributed by atoms with van der Waals surface area (Å²) in [6, 6.07) is 1.37. The van der Waals surface area contributed by atoms with Crippen LogP contribution in [0.4, 0.5) is 0 Å². The number of hydrogen-bond acceptors (Lipinski definition) is 4. The van der Waals surface area contributed by atoms with Crippen molar-refractivity contribution in [2.75, 3.05) is 13.1 Å². The van der Waals surface area contributed by atoms with Crippen LogP contribution in [0.25, 0.3) is 0 Å². The summed E-state index contributed by atoms with van der Waals surface area (Å²) in [7, 11) is 0. The molecule has 0 bridgehead atoms. The van der Waals surface area contributed by atoms with Crippen LogP contribution in [-0.4, -0.2) is 29.2 Å². The summed E-state index contributed by atoms with van der Waals surface area (Å²) in [5.74, 6) is 0.405. The fourth-order valence-electron chi connectivity index (χ4n) is 1.51. The highest BCUT2D eigenvalue weighted by molar-refractivity contribution is 5.05. The van der Waals surface area contributed by atoms with E-state index in [0.717, 1.165) is 25.9 Å². The van der Waals surface area contributed by atoms with Crippen LogP contribution in [0.5, 0.6) is 5.88 Å². The lowest BCUT2D eigenvalue weighted by atomic mass is 10.1. The molecule has 5 heteroatoms. The van der Waals surface area contributed by atoms with Crippen molar-refractivity contribution in [1.29, 1.82) is 0 Å². The van der Waals surface area contributed by atoms with Gasteiger partial charge in [-0.05, 0) is 19.4 Å². The number of ether oxygens (including phenoxy) is 1. The maximum absolute atomic E-state index is 10.9. The van der Waals surface area contributed by atoms with Gasteiger partial charge in [0.15, 0.2) is 0 Å². The Bertz CT molecular complexity index is 344. The predicted octanol–water partition coefficient (Wildman–Crippen LogP) is -0.0993. The minimum absolute atomic E-state index is 0.137. The molecule has 1 fully saturated rings. The van der Waals surface area contributed by atoms with Gasteiger partial charge in [-0.15, -0.1) is 0 Å². The number of piperidine rings is 1. The van der Waals surface area contributed by atoms with Crippen LogP contribution < -0.4 is 15.6 Å². The predicted molar refractivity (Wildman–Crippen MR) is 51.4 cm³/mol. The van der Waals surface area contributed by atoms with Crippen molar-refractivity contribution in [3.05, 3.63) is 22.7 Å². The molecule has 2 N–H and O–H groups in total. The fourth-order valence-corrected chi connectivity index (χ4v) is 1.51. The van der Waals surface area contributed by atoms with Gasteiger partial charge in [-0.3, -0.25) is 4.79 Å². The monoisotopic (exact) mass is 195 g/mol. The van der Waals surface area contributed by atoms with E-state index in [4.69, 9.17) is 4.74 Å². The van der Waals surface area contributed by atoms with E-state index in [2.05, 4.69) is 15.3 Å². The molecule has 2 rings (SSSR count). The zero-order valence-corrected chi connectivity index (χ0v) is 7.82. The molecular weight excluding hydrogens is 182 g/mol. The third-order valence-electron chi connectivity index (χ3n) is 2.19. The van der Waals surface area contributed by atoms with E-state index in [-0.39, 0.29) is 11.7 Å². The van der Waals surface area contributed by atoms with Crippen LogP contribution in [0.2, 0.25) is 0 Å². The topological polar surface area (TPSA) is 67.0 Å². The number of nitrogens with zero attached hydrogens (tertiary/aromatic N) is 1. The maximum Gasteiger partial charge on any atom is 0.254 e. The van der Waals surface area contributed by atoms with E-state index >= 15 is 0 Å². The first kappa shape index (κ1) is 9.21. The van der Waals surface area contributed by atoms with Crippen LogP contribution in [0.15, 0.2) is 17.2 Å². The van der Waals surface area contributed by atoms with Crippen LogP contribution in [0.3, 0.4) is 0 Å². The fraction of sp³-hybridized carbons (Fsp3) is 0.556. The third-order valence-corrected chi connectivity index (χ3v) is 2.19. The lowest BCUT2D eigenvalue weighted by molar-refractivity contribution is 0.160. The van der Waals surface area contributed by atoms with Crippen molar-refractivity contribution in [3.8, 4) is 5.88 Å². The second kappa shape index (κ2) is 4.23. The molecule has 0 saturated carbocycles. The molecule has 0 radical (unpaired) electrons. The van der Waals surface area contributed by atoms with Crippen LogP contribution >= 0.6 is 0 Å². The Morgan fingerprint density at radius 2 is 2.50 bits per heavy atom. The summed E-state index contributed by atoms with van der Waals surface area (Å²) in [6.45, 7) is 1.87. The van der Waals surface area contributed by atoms with Gasteiger partial charge in [0.1, 0.15) is 6.10 Å². The van der Waals surface area contributed by atoms with E-state index in [9.17, 15) is 4.79 Å². The molecule has 0 spiro atoms. The molecule has 1 saturated heterocycles. The highest BCUT2D eigenvalue weighted by Crippen LogP contribution is 2.09. The molecule has 1 aliphatic heterocycles. The molecule has 76 valence electrons. The molecule has 1 aromatic rings. The summed E-state index contributed by atoms with van der Waals surface area (Å²) < 4.78 is 5.54. The van der Waals surface area contributed by atoms with Crippen molar-refractivity contribution >= 4 is 0 Å². The number of rotatable bonds is 2. The van der Waals surface area contributed by atoms with Gasteiger partial charge >= 0.3 is 0 Å². The summed E-state index contributed by atoms with van der Waals surface area (Å²) in [6.07, 6.45) is 3.61. The molecule has 5 nitrogen and oxygen atoms in total. The zero-order valence-electron chi connectivity index (χ0n) is 7.82. The Labute approximate surface area is 81.5 Å². The molecule has 2 heterocycles. The minimum Gasteiger partial charge on any atom is -0.473 e. The van der Waals surface area contributed by atoms with Crippen LogP contribution in [0.1, 0.15) is 12.8 Å². The Morgan fingerprint density at radius 3 is 3.21 bits per heavy atom. The first-order valence-electron chi connectivity index (χ1n) is 4.77. The Kier molecular flexibility index (Phi) is 2.78. The first-order valence-corrected chi connectivity index (χ1v) is 4.77. The van der Waals surface area contributed by atoms with Crippen molar-refractivity contribution in [2.24, 2.45) is 0 Å². The van der Waals surface area contributed by atoms with E-state index in [1.807, 2.05) is 0 Å². The van der Waals surface area contributed by atoms with Crippen LogP contribution in [-0.2, 0) is 0 Å². The normalized spacial score (nSPS) is 21.9. The molecule has 1 atom stereocenters. The quantitative estimate of drug-likeness (QED) is 0.691. The molecule has 1 aromatic heterocycles. The smallest absolute Gasteiger partial charge is 0.254 e. The summed E-state index contributed by atoms with van der Waals surface area (Å²) in [4.78, 5) is 17.3. The SMILES string of the molecule is O=c1cc(O[C@H]2CCCNC2)nc[nH]1. The summed E-state index contributed by atoms with van der Waals surface area (Å²) >= 11 is 0. The van der Waals surface area contributed by atoms with Crippen LogP contribution in [0, 0.1) is 0 Å². The molecule has 0 aliphatic carbocycles. The number of hydrogen-bond donors (Lipinski definition) is 2. The van der Waals surface area contributed by atoms with Gasteiger partial charge in [0.25, 0.3) is 5.56 Å². The van der Waals surface area contributed by atoms with Crippen molar-refractivity contribution in [2.45, 2.75) is 18.9 Å². The molecule has 0 unspecified atom stereocenters. The van der Waals surface area contributed by atoms with E-state index in [1.54, 1.807) is 0 Å². The highest BCUT2D eigenvalue weighted by atomic mass is 16.5. The maximum atomic E-state index is 10.9. The Morgan fingerprint density at radius 1 is 1.57 bits per heavy atom. The van der Waals surface area contributed by atoms with Crippen molar-refractivity contribution < 1.29 is 4.74 Å². The second-order valence-corrected chi connectivity index (χ2v) is 3.34. The lowest BCUT2D eigenvalue weighted by Gasteiger charge is -2.22. The minimum atomic E-state index is -0.182. The van der Waals surface area contributed by atoms with Crippen molar-refractivity contribution in [1.82, 2.24) is 15.3 Å². The number of H-pyrrole nitrogens is 1. The Hall–Kier alpha value is -1.36. The standard InChI is InChI=1S/C9H13N3O2/c13-8-4-9(12-6-11-8)14-7-2-1-3-10-5-7/h4,6-7,10H,1-3,5H2,(H,11,12,13)/t7-/m0/s1. The second-order valence-electron chi connectivity index (χ2n) is 3.34. The van der Waals surface area contributed by atoms with Gasteiger partial charge in [-0.2, -0.15) is 0 Å². The summed E-state index contributed by atoms with van der Waals surface area (Å²) in [5, 5.41) is 3.23. The number of aromatic amines is 1. The van der Waals surface area contributed by atoms with Gasteiger partial charge in [0.2, 0.25) is 5.88 Å². The summed E-state index contributed by atoms with van der Waals surface area (Å²) in [5.41, 5.74) is -0.182. The molecule has 1 aliphatic rings. The molecule has 0 aromatic carbocycles. The molecule has 14 heavy (non-hydrogen) atoms. The number of aromatic nitrogens is 2. The van der Waals surface area contributed by atoms with Crippen molar-refractivity contribution in [3.63, 3.8) is 0 Å². The average molecular weight is 195 g/mol. The van der Waals surface area contributed by atoms with Gasteiger partial charge in [0, 0.05) is 6.54 Å². The van der Waals surface area contributed by atoms with Gasteiger partial charge in [-0.1, -0.05) is 0 Å². The van der Waals surface area contributed by atoms with Gasteiger partial charge in [0.05, 0.1) is 12.4 Å². The lowest BCUT2D eigenvalue weighted by Crippen LogP contribution is -2.37. The molecular formula is C9H13N3O2. The Balaban J connectivity index is 1.99. The largest absolute Gasteiger partial charge is 0.473 e. The highest BCUT2D eigenvalue weighted by Gasteiger charge is 2.14. The number of nitrogens with one attached hydrogen (secondary N) is 2.